The summed E-state index contributed by atoms with van der Waals surface area (Å²) in [6.07, 6.45) is 4.85. The van der Waals surface area contributed by atoms with Crippen LogP contribution >= 0.6 is 0 Å². The van der Waals surface area contributed by atoms with E-state index >= 15 is 0 Å². The molecule has 0 aliphatic rings. The largest absolute Gasteiger partial charge is 0.465 e. The number of nitrogens with zero attached hydrogens (tertiary/aromatic N) is 6. The summed E-state index contributed by atoms with van der Waals surface area (Å²) in [6.45, 7) is 3.78. The molecular weight excluding hydrogens is 400 g/mol. The summed E-state index contributed by atoms with van der Waals surface area (Å²) < 4.78 is 11.2. The van der Waals surface area contributed by atoms with E-state index in [0.29, 0.717) is 17.0 Å². The minimum absolute atomic E-state index is 0.0157. The van der Waals surface area contributed by atoms with E-state index in [0.717, 1.165) is 11.1 Å². The first-order valence-electron chi connectivity index (χ1n) is 9.19. The lowest BCUT2D eigenvalue weighted by atomic mass is 10.1. The highest BCUT2D eigenvalue weighted by Crippen LogP contribution is 2.26. The molecule has 3 N–H and O–H groups in total. The first-order chi connectivity index (χ1) is 15.0. The van der Waals surface area contributed by atoms with Crippen LogP contribution in [0.4, 0.5) is 5.82 Å². The van der Waals surface area contributed by atoms with E-state index < -0.39 is 5.91 Å². The number of benzene rings is 1. The number of amides is 1. The lowest BCUT2D eigenvalue weighted by Crippen LogP contribution is -2.19. The van der Waals surface area contributed by atoms with E-state index in [1.165, 1.54) is 10.9 Å². The zero-order valence-electron chi connectivity index (χ0n) is 16.7. The van der Waals surface area contributed by atoms with Gasteiger partial charge in [0, 0.05) is 5.56 Å². The summed E-state index contributed by atoms with van der Waals surface area (Å²) in [7, 11) is 0. The van der Waals surface area contributed by atoms with Crippen LogP contribution < -0.4 is 11.2 Å². The van der Waals surface area contributed by atoms with Crippen molar-refractivity contribution < 1.29 is 13.8 Å². The van der Waals surface area contributed by atoms with E-state index in [9.17, 15) is 4.79 Å². The molecule has 0 aliphatic heterocycles. The van der Waals surface area contributed by atoms with Crippen LogP contribution in [0.3, 0.4) is 0 Å². The number of furan rings is 1. The lowest BCUT2D eigenvalue weighted by Gasteiger charge is -2.06. The number of carbonyl (C=O) groups excluding carboxylic acids is 1. The van der Waals surface area contributed by atoms with Gasteiger partial charge in [-0.05, 0) is 47.9 Å². The van der Waals surface area contributed by atoms with Gasteiger partial charge >= 0.3 is 0 Å². The first-order valence-corrected chi connectivity index (χ1v) is 9.19. The Hall–Kier alpha value is -4.54. The maximum absolute atomic E-state index is 12.8. The van der Waals surface area contributed by atoms with Gasteiger partial charge in [-0.3, -0.25) is 4.79 Å². The van der Waals surface area contributed by atoms with Crippen LogP contribution in [0, 0.1) is 6.92 Å². The molecule has 0 unspecified atom stereocenters. The molecular formula is C20H18N8O3. The third kappa shape index (κ3) is 4.24. The van der Waals surface area contributed by atoms with Gasteiger partial charge in [-0.15, -0.1) is 5.10 Å². The van der Waals surface area contributed by atoms with Crippen molar-refractivity contribution in [2.75, 3.05) is 5.73 Å². The molecule has 4 aromatic rings. The smallest absolute Gasteiger partial charge is 0.294 e. The highest BCUT2D eigenvalue weighted by Gasteiger charge is 2.25. The second-order valence-electron chi connectivity index (χ2n) is 6.64. The van der Waals surface area contributed by atoms with Gasteiger partial charge in [0.15, 0.2) is 5.69 Å². The van der Waals surface area contributed by atoms with Crippen molar-refractivity contribution in [1.82, 2.24) is 30.7 Å². The van der Waals surface area contributed by atoms with Crippen LogP contribution in [-0.2, 0) is 0 Å². The maximum atomic E-state index is 12.8. The van der Waals surface area contributed by atoms with Crippen molar-refractivity contribution in [3.05, 3.63) is 65.3 Å². The predicted octanol–water partition coefficient (Wildman–Crippen LogP) is 2.62. The monoisotopic (exact) mass is 418 g/mol. The normalized spacial score (nSPS) is 11.9. The Morgan fingerprint density at radius 2 is 2.03 bits per heavy atom. The number of rotatable bonds is 6. The molecule has 0 saturated carbocycles. The van der Waals surface area contributed by atoms with Crippen molar-refractivity contribution in [2.24, 2.45) is 5.10 Å². The van der Waals surface area contributed by atoms with Crippen molar-refractivity contribution in [2.45, 2.75) is 13.8 Å². The lowest BCUT2D eigenvalue weighted by molar-refractivity contribution is 0.0950. The highest BCUT2D eigenvalue weighted by atomic mass is 16.6. The Labute approximate surface area is 176 Å². The Balaban J connectivity index is 1.64. The van der Waals surface area contributed by atoms with E-state index in [1.54, 1.807) is 18.4 Å². The molecule has 0 atom stereocenters. The summed E-state index contributed by atoms with van der Waals surface area (Å²) in [5.41, 5.74) is 11.2. The summed E-state index contributed by atoms with van der Waals surface area (Å²) >= 11 is 0. The van der Waals surface area contributed by atoms with Crippen LogP contribution in [-0.4, -0.2) is 37.4 Å². The Morgan fingerprint density at radius 1 is 1.23 bits per heavy atom. The van der Waals surface area contributed by atoms with Gasteiger partial charge in [0.1, 0.15) is 11.5 Å². The third-order valence-corrected chi connectivity index (χ3v) is 4.25. The molecule has 1 amide bonds. The average molecular weight is 418 g/mol. The summed E-state index contributed by atoms with van der Waals surface area (Å²) in [5.74, 6) is 0.266. The first kappa shape index (κ1) is 19.8. The standard InChI is InChI=1S/C20H18N8O3/c1-12-5-7-14(8-6-12)17-16(23-27-28(17)19-18(21)25-31-26-19)20(29)24-22-11-13(2)10-15-4-3-9-30-15/h3-11H,1-2H3,(H2,21,25)(H,24,29). The van der Waals surface area contributed by atoms with E-state index in [-0.39, 0.29) is 17.3 Å². The number of aromatic nitrogens is 5. The number of anilines is 1. The highest BCUT2D eigenvalue weighted by molar-refractivity contribution is 5.99. The molecule has 0 radical (unpaired) electrons. The minimum Gasteiger partial charge on any atom is -0.465 e. The fraction of sp³-hybridized carbons (Fsp3) is 0.100. The molecule has 3 heterocycles. The average Bonchev–Trinajstić information content (AvgIpc) is 3.49. The van der Waals surface area contributed by atoms with Gasteiger partial charge in [-0.25, -0.2) is 10.1 Å². The number of nitrogens with one attached hydrogen (secondary N) is 1. The van der Waals surface area contributed by atoms with Crippen LogP contribution in [0.25, 0.3) is 23.2 Å². The minimum atomic E-state index is -0.557. The number of hydrazone groups is 1. The number of hydrogen-bond donors (Lipinski definition) is 2. The van der Waals surface area contributed by atoms with Crippen molar-refractivity contribution in [1.29, 1.82) is 0 Å². The number of carbonyl (C=O) groups is 1. The zero-order valence-corrected chi connectivity index (χ0v) is 16.7. The Kier molecular flexibility index (Phi) is 5.39. The van der Waals surface area contributed by atoms with Gasteiger partial charge in [0.25, 0.3) is 5.91 Å². The molecule has 3 aromatic heterocycles. The Morgan fingerprint density at radius 3 is 2.71 bits per heavy atom. The summed E-state index contributed by atoms with van der Waals surface area (Å²) in [6, 6.07) is 11.1. The fourth-order valence-corrected chi connectivity index (χ4v) is 2.77. The molecule has 1 aromatic carbocycles. The number of aryl methyl sites for hydroxylation is 1. The molecule has 31 heavy (non-hydrogen) atoms. The Bertz CT molecular complexity index is 1250. The molecule has 4 rings (SSSR count). The van der Waals surface area contributed by atoms with E-state index in [2.05, 4.69) is 35.8 Å². The fourth-order valence-electron chi connectivity index (χ4n) is 2.77. The van der Waals surface area contributed by atoms with Crippen LogP contribution in [0.5, 0.6) is 0 Å². The second-order valence-corrected chi connectivity index (χ2v) is 6.64. The SMILES string of the molecule is CC(C=NNC(=O)c1nnn(-c2nonc2N)c1-c1ccc(C)cc1)=Cc1ccco1. The van der Waals surface area contributed by atoms with E-state index in [4.69, 9.17) is 10.2 Å². The summed E-state index contributed by atoms with van der Waals surface area (Å²) in [4.78, 5) is 12.8. The summed E-state index contributed by atoms with van der Waals surface area (Å²) in [5, 5.41) is 19.3. The number of hydrogen-bond acceptors (Lipinski definition) is 9. The van der Waals surface area contributed by atoms with Crippen LogP contribution in [0.1, 0.15) is 28.7 Å². The van der Waals surface area contributed by atoms with Gasteiger partial charge in [0.2, 0.25) is 11.6 Å². The van der Waals surface area contributed by atoms with Crippen molar-refractivity contribution in [3.8, 4) is 17.1 Å². The third-order valence-electron chi connectivity index (χ3n) is 4.25. The molecule has 0 aliphatic carbocycles. The van der Waals surface area contributed by atoms with E-state index in [1.807, 2.05) is 44.2 Å². The number of allylic oxidation sites excluding steroid dienone is 1. The molecule has 11 nitrogen and oxygen atoms in total. The number of nitrogen functional groups attached to an aromatic ring is 1. The molecule has 156 valence electrons. The number of nitrogens with two attached hydrogens (primary N) is 1. The van der Waals surface area contributed by atoms with Crippen molar-refractivity contribution >= 4 is 24.0 Å². The van der Waals surface area contributed by atoms with Gasteiger partial charge < -0.3 is 10.2 Å². The zero-order chi connectivity index (χ0) is 21.8. The van der Waals surface area contributed by atoms with Crippen LogP contribution in [0.2, 0.25) is 0 Å². The van der Waals surface area contributed by atoms with Gasteiger partial charge in [0.05, 0.1) is 12.5 Å². The van der Waals surface area contributed by atoms with Crippen molar-refractivity contribution in [3.63, 3.8) is 0 Å². The van der Waals surface area contributed by atoms with Gasteiger partial charge in [-0.2, -0.15) is 9.78 Å². The molecule has 0 spiro atoms. The molecule has 11 heteroatoms. The quantitative estimate of drug-likeness (QED) is 0.358. The molecule has 0 fully saturated rings. The maximum Gasteiger partial charge on any atom is 0.294 e. The molecule has 0 bridgehead atoms. The van der Waals surface area contributed by atoms with Gasteiger partial charge in [-0.1, -0.05) is 35.0 Å². The topological polar surface area (TPSA) is 150 Å². The molecule has 0 saturated heterocycles. The van der Waals surface area contributed by atoms with Crippen LogP contribution in [0.15, 0.2) is 62.4 Å². The predicted molar refractivity (Wildman–Crippen MR) is 112 cm³/mol. The second kappa shape index (κ2) is 8.45.